The Labute approximate surface area is 154 Å². The molecule has 1 fully saturated rings. The van der Waals surface area contributed by atoms with E-state index in [0.717, 1.165) is 18.2 Å². The maximum Gasteiger partial charge on any atom is 0.256 e. The molecule has 2 aromatic heterocycles. The molecule has 3 heterocycles. The topological polar surface area (TPSA) is 75.2 Å². The molecule has 2 amide bonds. The molecule has 1 unspecified atom stereocenters. The summed E-state index contributed by atoms with van der Waals surface area (Å²) in [6.45, 7) is 1.07. The second-order valence-corrected chi connectivity index (χ2v) is 7.19. The fourth-order valence-electron chi connectivity index (χ4n) is 3.32. The van der Waals surface area contributed by atoms with Gasteiger partial charge in [0.25, 0.3) is 5.91 Å². The van der Waals surface area contributed by atoms with E-state index in [2.05, 4.69) is 15.3 Å². The van der Waals surface area contributed by atoms with Crippen molar-refractivity contribution in [1.82, 2.24) is 14.9 Å². The number of hydrogen-bond acceptors (Lipinski definition) is 5. The summed E-state index contributed by atoms with van der Waals surface area (Å²) in [7, 11) is 0. The van der Waals surface area contributed by atoms with E-state index in [9.17, 15) is 9.59 Å². The highest BCUT2D eigenvalue weighted by atomic mass is 32.1. The van der Waals surface area contributed by atoms with Gasteiger partial charge in [0, 0.05) is 36.2 Å². The summed E-state index contributed by atoms with van der Waals surface area (Å²) >= 11 is 1.39. The predicted molar refractivity (Wildman–Crippen MR) is 101 cm³/mol. The first kappa shape index (κ1) is 16.7. The number of fused-ring (bicyclic) bond motifs is 1. The first-order valence-corrected chi connectivity index (χ1v) is 9.44. The third kappa shape index (κ3) is 3.30. The maximum absolute atomic E-state index is 13.0. The van der Waals surface area contributed by atoms with Crippen LogP contribution in [0.2, 0.25) is 0 Å². The Bertz CT molecular complexity index is 936. The van der Waals surface area contributed by atoms with Gasteiger partial charge in [-0.25, -0.2) is 4.98 Å². The van der Waals surface area contributed by atoms with Gasteiger partial charge in [0.2, 0.25) is 5.91 Å². The van der Waals surface area contributed by atoms with Gasteiger partial charge in [0.05, 0.1) is 17.0 Å². The van der Waals surface area contributed by atoms with Gasteiger partial charge < -0.3 is 10.2 Å². The third-order valence-electron chi connectivity index (χ3n) is 4.60. The molecule has 1 aliphatic heterocycles. The van der Waals surface area contributed by atoms with Crippen molar-refractivity contribution in [3.63, 3.8) is 0 Å². The van der Waals surface area contributed by atoms with Crippen molar-refractivity contribution >= 4 is 39.2 Å². The van der Waals surface area contributed by atoms with Crippen molar-refractivity contribution in [2.75, 3.05) is 18.4 Å². The molecule has 0 aliphatic carbocycles. The van der Waals surface area contributed by atoms with Crippen LogP contribution >= 0.6 is 11.3 Å². The van der Waals surface area contributed by atoms with Crippen molar-refractivity contribution in [2.45, 2.75) is 12.8 Å². The van der Waals surface area contributed by atoms with Gasteiger partial charge in [-0.15, -0.1) is 11.3 Å². The highest BCUT2D eigenvalue weighted by Crippen LogP contribution is 2.23. The number of thiazole rings is 1. The predicted octanol–water partition coefficient (Wildman–Crippen LogP) is 3.18. The van der Waals surface area contributed by atoms with Crippen molar-refractivity contribution in [3.05, 3.63) is 53.7 Å². The van der Waals surface area contributed by atoms with E-state index < -0.39 is 0 Å². The maximum atomic E-state index is 13.0. The molecular weight excluding hydrogens is 348 g/mol. The first-order valence-electron chi connectivity index (χ1n) is 8.56. The average Bonchev–Trinajstić information content (AvgIpc) is 3.20. The van der Waals surface area contributed by atoms with E-state index in [-0.39, 0.29) is 17.7 Å². The zero-order valence-corrected chi connectivity index (χ0v) is 14.9. The number of likely N-dealkylation sites (tertiary alicyclic amines) is 1. The Balaban J connectivity index is 1.52. The normalized spacial score (nSPS) is 17.2. The summed E-state index contributed by atoms with van der Waals surface area (Å²) in [6, 6.07) is 9.42. The molecule has 132 valence electrons. The van der Waals surface area contributed by atoms with Crippen LogP contribution in [0.3, 0.4) is 0 Å². The number of piperidine rings is 1. The Kier molecular flexibility index (Phi) is 4.62. The van der Waals surface area contributed by atoms with E-state index in [4.69, 9.17) is 0 Å². The molecule has 0 bridgehead atoms. The summed E-state index contributed by atoms with van der Waals surface area (Å²) in [5.41, 5.74) is 1.29. The lowest BCUT2D eigenvalue weighted by Crippen LogP contribution is -2.43. The molecule has 0 radical (unpaired) electrons. The van der Waals surface area contributed by atoms with Gasteiger partial charge >= 0.3 is 0 Å². The molecule has 1 aromatic carbocycles. The number of anilines is 1. The molecule has 7 heteroatoms. The van der Waals surface area contributed by atoms with Crippen LogP contribution in [-0.2, 0) is 4.79 Å². The Morgan fingerprint density at radius 1 is 1.15 bits per heavy atom. The van der Waals surface area contributed by atoms with Crippen LogP contribution in [0.25, 0.3) is 10.9 Å². The number of carbonyl (C=O) groups is 2. The van der Waals surface area contributed by atoms with Gasteiger partial charge in [0.15, 0.2) is 5.13 Å². The van der Waals surface area contributed by atoms with Crippen LogP contribution in [-0.4, -0.2) is 39.8 Å². The van der Waals surface area contributed by atoms with Crippen LogP contribution in [0.15, 0.2) is 48.1 Å². The van der Waals surface area contributed by atoms with Crippen LogP contribution in [0.4, 0.5) is 5.13 Å². The summed E-state index contributed by atoms with van der Waals surface area (Å²) < 4.78 is 0. The lowest BCUT2D eigenvalue weighted by molar-refractivity contribution is -0.121. The molecule has 4 rings (SSSR count). The number of aromatic nitrogens is 2. The molecule has 26 heavy (non-hydrogen) atoms. The number of carbonyl (C=O) groups excluding carboxylic acids is 2. The standard InChI is InChI=1S/C19H18N4O2S/c24-17(22-19-21-9-11-26-19)14-6-3-10-23(12-14)18(25)15-7-1-4-13-5-2-8-20-16(13)15/h1-2,4-5,7-9,11,14H,3,6,10,12H2,(H,21,22,24). The first-order chi connectivity index (χ1) is 12.7. The van der Waals surface area contributed by atoms with Gasteiger partial charge in [-0.2, -0.15) is 0 Å². The Hall–Kier alpha value is -2.80. The SMILES string of the molecule is O=C(Nc1nccs1)C1CCCN(C(=O)c2cccc3cccnc23)C1. The minimum absolute atomic E-state index is 0.0685. The molecule has 1 atom stereocenters. The van der Waals surface area contributed by atoms with Crippen LogP contribution in [0.1, 0.15) is 23.2 Å². The molecule has 0 saturated carbocycles. The number of hydrogen-bond donors (Lipinski definition) is 1. The van der Waals surface area contributed by atoms with E-state index >= 15 is 0 Å². The molecule has 1 saturated heterocycles. The fraction of sp³-hybridized carbons (Fsp3) is 0.263. The van der Waals surface area contributed by atoms with Gasteiger partial charge in [-0.1, -0.05) is 18.2 Å². The summed E-state index contributed by atoms with van der Waals surface area (Å²) in [5, 5.41) is 6.19. The number of nitrogens with zero attached hydrogens (tertiary/aromatic N) is 3. The van der Waals surface area contributed by atoms with Crippen molar-refractivity contribution in [2.24, 2.45) is 5.92 Å². The third-order valence-corrected chi connectivity index (χ3v) is 5.29. The van der Waals surface area contributed by atoms with E-state index in [1.807, 2.05) is 29.6 Å². The second-order valence-electron chi connectivity index (χ2n) is 6.30. The van der Waals surface area contributed by atoms with Crippen LogP contribution in [0.5, 0.6) is 0 Å². The summed E-state index contributed by atoms with van der Waals surface area (Å²) in [6.07, 6.45) is 4.93. The molecule has 1 aliphatic rings. The number of para-hydroxylation sites is 1. The van der Waals surface area contributed by atoms with Crippen molar-refractivity contribution < 1.29 is 9.59 Å². The Morgan fingerprint density at radius 3 is 2.88 bits per heavy atom. The van der Waals surface area contributed by atoms with Crippen LogP contribution in [0, 0.1) is 5.92 Å². The largest absolute Gasteiger partial charge is 0.338 e. The average molecular weight is 366 g/mol. The second kappa shape index (κ2) is 7.21. The molecule has 3 aromatic rings. The zero-order chi connectivity index (χ0) is 17.9. The van der Waals surface area contributed by atoms with E-state index in [0.29, 0.717) is 29.3 Å². The number of pyridine rings is 1. The summed E-state index contributed by atoms with van der Waals surface area (Å²) in [4.78, 5) is 35.7. The van der Waals surface area contributed by atoms with E-state index in [1.165, 1.54) is 11.3 Å². The highest BCUT2D eigenvalue weighted by Gasteiger charge is 2.30. The minimum Gasteiger partial charge on any atom is -0.338 e. The van der Waals surface area contributed by atoms with Gasteiger partial charge in [0.1, 0.15) is 0 Å². The minimum atomic E-state index is -0.223. The highest BCUT2D eigenvalue weighted by molar-refractivity contribution is 7.13. The number of nitrogens with one attached hydrogen (secondary N) is 1. The van der Waals surface area contributed by atoms with E-state index in [1.54, 1.807) is 23.4 Å². The van der Waals surface area contributed by atoms with Gasteiger partial charge in [-0.05, 0) is 25.0 Å². The zero-order valence-electron chi connectivity index (χ0n) is 14.1. The number of amides is 2. The van der Waals surface area contributed by atoms with Crippen LogP contribution < -0.4 is 5.32 Å². The van der Waals surface area contributed by atoms with Crippen molar-refractivity contribution in [3.8, 4) is 0 Å². The molecular formula is C19H18N4O2S. The quantitative estimate of drug-likeness (QED) is 0.772. The fourth-order valence-corrected chi connectivity index (χ4v) is 3.85. The Morgan fingerprint density at radius 2 is 2.04 bits per heavy atom. The number of benzene rings is 1. The monoisotopic (exact) mass is 366 g/mol. The molecule has 1 N–H and O–H groups in total. The molecule has 0 spiro atoms. The van der Waals surface area contributed by atoms with Gasteiger partial charge in [-0.3, -0.25) is 14.6 Å². The molecule has 6 nitrogen and oxygen atoms in total. The lowest BCUT2D eigenvalue weighted by Gasteiger charge is -2.32. The van der Waals surface area contributed by atoms with Crippen molar-refractivity contribution in [1.29, 1.82) is 0 Å². The summed E-state index contributed by atoms with van der Waals surface area (Å²) in [5.74, 6) is -0.367. The lowest BCUT2D eigenvalue weighted by atomic mass is 9.96. The number of rotatable bonds is 3. The smallest absolute Gasteiger partial charge is 0.256 e.